The van der Waals surface area contributed by atoms with Gasteiger partial charge in [0.25, 0.3) is 5.91 Å². The molecule has 4 rings (SSSR count). The van der Waals surface area contributed by atoms with E-state index in [1.807, 2.05) is 56.3 Å². The van der Waals surface area contributed by atoms with Gasteiger partial charge in [0.2, 0.25) is 11.8 Å². The molecule has 0 aliphatic carbocycles. The molecule has 2 aromatic carbocycles. The molecular formula is C25H26N4O3. The summed E-state index contributed by atoms with van der Waals surface area (Å²) in [5.74, 6) is -0.939. The molecule has 1 aliphatic rings. The molecule has 2 heterocycles. The van der Waals surface area contributed by atoms with Gasteiger partial charge in [-0.15, -0.1) is 0 Å². The summed E-state index contributed by atoms with van der Waals surface area (Å²) >= 11 is 0. The van der Waals surface area contributed by atoms with Crippen molar-refractivity contribution in [3.8, 4) is 0 Å². The van der Waals surface area contributed by atoms with E-state index in [1.54, 1.807) is 33.8 Å². The first kappa shape index (κ1) is 21.4. The number of aromatic nitrogens is 1. The lowest BCUT2D eigenvalue weighted by molar-refractivity contribution is -0.128. The Morgan fingerprint density at radius 3 is 2.41 bits per heavy atom. The number of carbonyl (C=O) groups is 3. The van der Waals surface area contributed by atoms with E-state index in [2.05, 4.69) is 10.7 Å². The van der Waals surface area contributed by atoms with Crippen molar-refractivity contribution in [2.75, 3.05) is 17.3 Å². The average Bonchev–Trinajstić information content (AvgIpc) is 3.31. The monoisotopic (exact) mass is 430 g/mol. The Bertz CT molecular complexity index is 1130. The first-order chi connectivity index (χ1) is 15.4. The third-order valence-electron chi connectivity index (χ3n) is 5.68. The molecule has 3 aromatic rings. The van der Waals surface area contributed by atoms with Gasteiger partial charge in [0, 0.05) is 42.1 Å². The van der Waals surface area contributed by atoms with Gasteiger partial charge in [-0.05, 0) is 49.7 Å². The number of hydrogen-bond acceptors (Lipinski definition) is 3. The molecule has 0 saturated carbocycles. The molecule has 1 fully saturated rings. The van der Waals surface area contributed by atoms with Crippen molar-refractivity contribution in [2.45, 2.75) is 26.8 Å². The number of likely N-dealkylation sites (tertiary alicyclic amines) is 1. The van der Waals surface area contributed by atoms with E-state index in [-0.39, 0.29) is 24.1 Å². The molecule has 3 amide bonds. The van der Waals surface area contributed by atoms with Crippen molar-refractivity contribution in [3.63, 3.8) is 0 Å². The summed E-state index contributed by atoms with van der Waals surface area (Å²) in [5, 5.41) is 2.86. The second-order valence-electron chi connectivity index (χ2n) is 8.12. The van der Waals surface area contributed by atoms with Crippen molar-refractivity contribution < 1.29 is 14.4 Å². The number of carbonyl (C=O) groups excluding carboxylic acids is 3. The highest BCUT2D eigenvalue weighted by molar-refractivity contribution is 6.02. The summed E-state index contributed by atoms with van der Waals surface area (Å²) in [6, 6.07) is 20.4. The summed E-state index contributed by atoms with van der Waals surface area (Å²) < 4.78 is 1.72. The van der Waals surface area contributed by atoms with Crippen molar-refractivity contribution in [2.24, 2.45) is 5.92 Å². The zero-order valence-corrected chi connectivity index (χ0v) is 18.2. The Morgan fingerprint density at radius 2 is 1.69 bits per heavy atom. The Kier molecular flexibility index (Phi) is 6.07. The predicted octanol–water partition coefficient (Wildman–Crippen LogP) is 3.48. The van der Waals surface area contributed by atoms with Crippen molar-refractivity contribution in [1.29, 1.82) is 0 Å². The summed E-state index contributed by atoms with van der Waals surface area (Å²) in [7, 11) is 0. The molecule has 7 nitrogen and oxygen atoms in total. The van der Waals surface area contributed by atoms with Gasteiger partial charge in [0.05, 0.1) is 5.92 Å². The van der Waals surface area contributed by atoms with Crippen LogP contribution in [-0.4, -0.2) is 33.8 Å². The SMILES string of the molecule is Cc1ccc(C)n1NC(=O)c1cccc(NC(=O)[C@@H]2CC(=O)N(Cc3ccccc3)C2)c1. The van der Waals surface area contributed by atoms with Gasteiger partial charge in [-0.25, -0.2) is 0 Å². The van der Waals surface area contributed by atoms with Gasteiger partial charge in [-0.2, -0.15) is 0 Å². The second-order valence-corrected chi connectivity index (χ2v) is 8.12. The highest BCUT2D eigenvalue weighted by Crippen LogP contribution is 2.22. The van der Waals surface area contributed by atoms with Gasteiger partial charge in [0.15, 0.2) is 0 Å². The van der Waals surface area contributed by atoms with Crippen molar-refractivity contribution in [1.82, 2.24) is 9.58 Å². The Morgan fingerprint density at radius 1 is 0.969 bits per heavy atom. The minimum atomic E-state index is -0.422. The van der Waals surface area contributed by atoms with E-state index in [9.17, 15) is 14.4 Å². The molecule has 0 bridgehead atoms. The highest BCUT2D eigenvalue weighted by Gasteiger charge is 2.34. The molecule has 32 heavy (non-hydrogen) atoms. The normalized spacial score (nSPS) is 15.6. The van der Waals surface area contributed by atoms with Crippen molar-refractivity contribution >= 4 is 23.4 Å². The predicted molar refractivity (Wildman–Crippen MR) is 123 cm³/mol. The molecule has 1 aromatic heterocycles. The van der Waals surface area contributed by atoms with Crippen LogP contribution in [0, 0.1) is 19.8 Å². The molecule has 1 saturated heterocycles. The first-order valence-corrected chi connectivity index (χ1v) is 10.6. The van der Waals surface area contributed by atoms with Crippen molar-refractivity contribution in [3.05, 3.63) is 89.2 Å². The van der Waals surface area contributed by atoms with Crippen LogP contribution in [0.3, 0.4) is 0 Å². The maximum absolute atomic E-state index is 12.8. The van der Waals surface area contributed by atoms with Gasteiger partial charge < -0.3 is 10.2 Å². The van der Waals surface area contributed by atoms with Crippen LogP contribution in [-0.2, 0) is 16.1 Å². The fourth-order valence-electron chi connectivity index (χ4n) is 3.90. The topological polar surface area (TPSA) is 83.4 Å². The largest absolute Gasteiger partial charge is 0.338 e. The van der Waals surface area contributed by atoms with Crippen LogP contribution in [0.2, 0.25) is 0 Å². The summed E-state index contributed by atoms with van der Waals surface area (Å²) in [4.78, 5) is 39.6. The quantitative estimate of drug-likeness (QED) is 0.628. The van der Waals surface area contributed by atoms with Crippen LogP contribution in [0.25, 0.3) is 0 Å². The minimum absolute atomic E-state index is 0.0282. The molecule has 0 spiro atoms. The number of aryl methyl sites for hydroxylation is 2. The maximum Gasteiger partial charge on any atom is 0.270 e. The molecule has 7 heteroatoms. The van der Waals surface area contributed by atoms with E-state index < -0.39 is 5.92 Å². The Labute approximate surface area is 187 Å². The fourth-order valence-corrected chi connectivity index (χ4v) is 3.90. The van der Waals surface area contributed by atoms with Crippen LogP contribution in [0.1, 0.15) is 33.7 Å². The summed E-state index contributed by atoms with van der Waals surface area (Å²) in [6.45, 7) is 4.70. The van der Waals surface area contributed by atoms with Crippen LogP contribution < -0.4 is 10.7 Å². The highest BCUT2D eigenvalue weighted by atomic mass is 16.2. The third-order valence-corrected chi connectivity index (χ3v) is 5.68. The zero-order chi connectivity index (χ0) is 22.7. The van der Waals surface area contributed by atoms with E-state index in [1.165, 1.54) is 0 Å². The number of anilines is 1. The molecule has 0 radical (unpaired) electrons. The van der Waals surface area contributed by atoms with E-state index in [0.29, 0.717) is 24.3 Å². The molecular weight excluding hydrogens is 404 g/mol. The smallest absolute Gasteiger partial charge is 0.270 e. The summed E-state index contributed by atoms with van der Waals surface area (Å²) in [5.41, 5.74) is 6.70. The van der Waals surface area contributed by atoms with Gasteiger partial charge >= 0.3 is 0 Å². The second kappa shape index (κ2) is 9.09. The minimum Gasteiger partial charge on any atom is -0.338 e. The lowest BCUT2D eigenvalue weighted by atomic mass is 10.1. The van der Waals surface area contributed by atoms with E-state index in [4.69, 9.17) is 0 Å². The third kappa shape index (κ3) is 4.72. The van der Waals surface area contributed by atoms with Crippen LogP contribution in [0.4, 0.5) is 5.69 Å². The Hall–Kier alpha value is -3.87. The zero-order valence-electron chi connectivity index (χ0n) is 18.2. The van der Waals surface area contributed by atoms with Gasteiger partial charge in [-0.3, -0.25) is 24.5 Å². The van der Waals surface area contributed by atoms with Crippen LogP contribution in [0.15, 0.2) is 66.7 Å². The number of benzene rings is 2. The van der Waals surface area contributed by atoms with Crippen LogP contribution >= 0.6 is 0 Å². The lowest BCUT2D eigenvalue weighted by Gasteiger charge is -2.17. The standard InChI is InChI=1S/C25H26N4O3/c1-17-11-12-18(2)29(17)27-25(32)20-9-6-10-22(13-20)26-24(31)21-14-23(30)28(16-21)15-19-7-4-3-5-8-19/h3-13,21H,14-16H2,1-2H3,(H,26,31)(H,27,32)/t21-/m1/s1. The molecule has 0 unspecified atom stereocenters. The number of nitrogens with zero attached hydrogens (tertiary/aromatic N) is 2. The first-order valence-electron chi connectivity index (χ1n) is 10.6. The number of hydrogen-bond donors (Lipinski definition) is 2. The Balaban J connectivity index is 1.38. The number of rotatable bonds is 6. The number of amides is 3. The fraction of sp³-hybridized carbons (Fsp3) is 0.240. The average molecular weight is 431 g/mol. The van der Waals surface area contributed by atoms with E-state index >= 15 is 0 Å². The lowest BCUT2D eigenvalue weighted by Crippen LogP contribution is -2.28. The molecule has 2 N–H and O–H groups in total. The van der Waals surface area contributed by atoms with Crippen LogP contribution in [0.5, 0.6) is 0 Å². The van der Waals surface area contributed by atoms with Gasteiger partial charge in [0.1, 0.15) is 0 Å². The van der Waals surface area contributed by atoms with Gasteiger partial charge in [-0.1, -0.05) is 36.4 Å². The molecule has 1 atom stereocenters. The molecule has 1 aliphatic heterocycles. The number of nitrogens with one attached hydrogen (secondary N) is 2. The molecule has 164 valence electrons. The van der Waals surface area contributed by atoms with E-state index in [0.717, 1.165) is 17.0 Å². The summed E-state index contributed by atoms with van der Waals surface area (Å²) in [6.07, 6.45) is 0.186. The maximum atomic E-state index is 12.8.